The Labute approximate surface area is 216 Å². The number of carbonyl (C=O) groups is 1. The molecule has 1 atom stereocenters. The van der Waals surface area contributed by atoms with Gasteiger partial charge in [0.15, 0.2) is 11.0 Å². The van der Waals surface area contributed by atoms with Crippen LogP contribution in [0.2, 0.25) is 5.02 Å². The lowest BCUT2D eigenvalue weighted by Gasteiger charge is -2.15. The Hall–Kier alpha value is -2.20. The summed E-state index contributed by atoms with van der Waals surface area (Å²) in [5.41, 5.74) is 3.29. The molecule has 0 amide bonds. The van der Waals surface area contributed by atoms with E-state index >= 15 is 0 Å². The Balaban J connectivity index is 1.85. The van der Waals surface area contributed by atoms with Crippen molar-refractivity contribution in [1.29, 1.82) is 0 Å². The van der Waals surface area contributed by atoms with Gasteiger partial charge in [0.2, 0.25) is 0 Å². The van der Waals surface area contributed by atoms with Crippen molar-refractivity contribution in [2.75, 3.05) is 26.4 Å². The molecule has 2 heterocycles. The minimum Gasteiger partial charge on any atom is -0.481 e. The van der Waals surface area contributed by atoms with Gasteiger partial charge in [0.25, 0.3) is 0 Å². The smallest absolute Gasteiger partial charge is 0.303 e. The van der Waals surface area contributed by atoms with E-state index < -0.39 is 12.0 Å². The number of nitrogens with zero attached hydrogens (tertiary/aromatic N) is 5. The van der Waals surface area contributed by atoms with Gasteiger partial charge in [0.1, 0.15) is 6.04 Å². The van der Waals surface area contributed by atoms with Crippen LogP contribution in [-0.2, 0) is 4.79 Å². The number of aromatic nitrogens is 3. The van der Waals surface area contributed by atoms with E-state index in [9.17, 15) is 9.90 Å². The van der Waals surface area contributed by atoms with Gasteiger partial charge in [0.05, 0.1) is 11.4 Å². The molecule has 3 aromatic rings. The van der Waals surface area contributed by atoms with E-state index in [1.807, 2.05) is 47.0 Å². The highest BCUT2D eigenvalue weighted by atomic mass is 79.9. The number of carboxylic acid groups (broad SMARTS) is 1. The van der Waals surface area contributed by atoms with E-state index in [2.05, 4.69) is 45.1 Å². The topological polar surface area (TPSA) is 83.6 Å². The highest BCUT2D eigenvalue weighted by molar-refractivity contribution is 9.10. The minimum absolute atomic E-state index is 0.0256. The molecular weight excluding hydrogens is 538 g/mol. The molecule has 0 spiro atoms. The number of aliphatic imine (C=N–C) groups is 1. The van der Waals surface area contributed by atoms with Crippen molar-refractivity contribution in [1.82, 2.24) is 19.7 Å². The lowest BCUT2D eigenvalue weighted by Crippen LogP contribution is -2.13. The Morgan fingerprint density at radius 2 is 2.00 bits per heavy atom. The summed E-state index contributed by atoms with van der Waals surface area (Å²) in [6, 6.07) is 13.1. The van der Waals surface area contributed by atoms with Crippen LogP contribution < -0.4 is 0 Å². The first-order chi connectivity index (χ1) is 16.3. The molecule has 1 aromatic heterocycles. The van der Waals surface area contributed by atoms with E-state index in [-0.39, 0.29) is 6.42 Å². The molecule has 0 aliphatic carbocycles. The monoisotopic (exact) mass is 561 g/mol. The number of hydrogen-bond donors (Lipinski definition) is 1. The number of hydrogen-bond acceptors (Lipinski definition) is 6. The molecule has 1 aliphatic rings. The molecule has 0 bridgehead atoms. The van der Waals surface area contributed by atoms with Crippen LogP contribution in [0.3, 0.4) is 0 Å². The third-order valence-electron chi connectivity index (χ3n) is 5.44. The zero-order valence-corrected chi connectivity index (χ0v) is 22.1. The summed E-state index contributed by atoms with van der Waals surface area (Å²) in [7, 11) is 4.12. The predicted molar refractivity (Wildman–Crippen MR) is 140 cm³/mol. The molecular formula is C24H25BrClN5O2S. The summed E-state index contributed by atoms with van der Waals surface area (Å²) >= 11 is 11.8. The van der Waals surface area contributed by atoms with Crippen molar-refractivity contribution >= 4 is 51.0 Å². The summed E-state index contributed by atoms with van der Waals surface area (Å²) in [4.78, 5) is 18.6. The van der Waals surface area contributed by atoms with Crippen molar-refractivity contribution in [2.24, 2.45) is 4.99 Å². The number of carboxylic acids is 1. The van der Waals surface area contributed by atoms with Crippen LogP contribution in [0.5, 0.6) is 0 Å². The second-order valence-corrected chi connectivity index (χ2v) is 10.6. The number of benzene rings is 2. The maximum absolute atomic E-state index is 11.4. The molecule has 2 aromatic carbocycles. The largest absolute Gasteiger partial charge is 0.481 e. The van der Waals surface area contributed by atoms with Crippen molar-refractivity contribution < 1.29 is 9.90 Å². The van der Waals surface area contributed by atoms with Crippen LogP contribution in [0.1, 0.15) is 42.3 Å². The van der Waals surface area contributed by atoms with Gasteiger partial charge in [-0.3, -0.25) is 14.4 Å². The summed E-state index contributed by atoms with van der Waals surface area (Å²) in [6.45, 7) is 0.985. The van der Waals surface area contributed by atoms with Gasteiger partial charge < -0.3 is 10.0 Å². The fourth-order valence-corrected chi connectivity index (χ4v) is 5.32. The third kappa shape index (κ3) is 5.54. The van der Waals surface area contributed by atoms with Gasteiger partial charge in [-0.2, -0.15) is 0 Å². The molecule has 0 unspecified atom stereocenters. The van der Waals surface area contributed by atoms with Gasteiger partial charge in [-0.25, -0.2) is 0 Å². The molecule has 0 radical (unpaired) electrons. The van der Waals surface area contributed by atoms with Gasteiger partial charge in [0, 0.05) is 32.8 Å². The Kier molecular flexibility index (Phi) is 8.08. The fourth-order valence-electron chi connectivity index (χ4n) is 3.86. The zero-order valence-electron chi connectivity index (χ0n) is 18.9. The first-order valence-electron chi connectivity index (χ1n) is 10.9. The van der Waals surface area contributed by atoms with E-state index in [0.29, 0.717) is 23.0 Å². The van der Waals surface area contributed by atoms with Crippen molar-refractivity contribution in [2.45, 2.75) is 30.5 Å². The van der Waals surface area contributed by atoms with Crippen molar-refractivity contribution in [3.8, 4) is 5.69 Å². The van der Waals surface area contributed by atoms with Crippen LogP contribution >= 0.6 is 39.3 Å². The van der Waals surface area contributed by atoms with E-state index in [0.717, 1.165) is 45.2 Å². The number of rotatable bonds is 9. The summed E-state index contributed by atoms with van der Waals surface area (Å²) in [5.74, 6) is 0.658. The first-order valence-corrected chi connectivity index (χ1v) is 13.1. The zero-order chi connectivity index (χ0) is 24.2. The number of thioether (sulfide) groups is 1. The summed E-state index contributed by atoms with van der Waals surface area (Å²) in [6.07, 6.45) is 1.29. The molecule has 1 N–H and O–H groups in total. The van der Waals surface area contributed by atoms with Gasteiger partial charge >= 0.3 is 5.97 Å². The molecule has 0 saturated heterocycles. The number of halogens is 2. The number of aliphatic carboxylic acids is 1. The maximum Gasteiger partial charge on any atom is 0.303 e. The minimum atomic E-state index is -0.872. The Morgan fingerprint density at radius 1 is 1.21 bits per heavy atom. The van der Waals surface area contributed by atoms with E-state index in [4.69, 9.17) is 16.6 Å². The lowest BCUT2D eigenvalue weighted by molar-refractivity contribution is -0.137. The third-order valence-corrected chi connectivity index (χ3v) is 7.28. The van der Waals surface area contributed by atoms with Crippen LogP contribution in [0, 0.1) is 0 Å². The van der Waals surface area contributed by atoms with Crippen LogP contribution in [-0.4, -0.2) is 62.8 Å². The molecule has 4 rings (SSSR count). The predicted octanol–water partition coefficient (Wildman–Crippen LogP) is 5.48. The summed E-state index contributed by atoms with van der Waals surface area (Å²) in [5, 5.41) is 19.7. The molecule has 0 saturated carbocycles. The van der Waals surface area contributed by atoms with Crippen LogP contribution in [0.25, 0.3) is 5.69 Å². The Morgan fingerprint density at radius 3 is 2.74 bits per heavy atom. The average molecular weight is 563 g/mol. The molecule has 0 fully saturated rings. The van der Waals surface area contributed by atoms with E-state index in [1.165, 1.54) is 0 Å². The van der Waals surface area contributed by atoms with Gasteiger partial charge in [-0.1, -0.05) is 57.5 Å². The van der Waals surface area contributed by atoms with Gasteiger partial charge in [-0.05, 0) is 57.7 Å². The molecule has 1 aliphatic heterocycles. The standard InChI is InChI=1S/C24H25BrClN5O2S/c1-30(2)12-5-13-34-24-29-28-23-19(9-11-21(32)33)27-22(16-6-3-4-7-18(16)26)17-14-15(25)8-10-20(17)31(23)24/h3-4,6-8,10,14,19H,5,9,11-13H2,1-2H3,(H,32,33)/t19-/m0/s1. The normalized spacial score (nSPS) is 15.0. The van der Waals surface area contributed by atoms with Gasteiger partial charge in [-0.15, -0.1) is 10.2 Å². The molecule has 7 nitrogen and oxygen atoms in total. The lowest BCUT2D eigenvalue weighted by atomic mass is 10.00. The highest BCUT2D eigenvalue weighted by Crippen LogP contribution is 2.37. The summed E-state index contributed by atoms with van der Waals surface area (Å²) < 4.78 is 2.94. The Bertz CT molecular complexity index is 1230. The average Bonchev–Trinajstić information content (AvgIpc) is 3.15. The highest BCUT2D eigenvalue weighted by Gasteiger charge is 2.30. The van der Waals surface area contributed by atoms with Crippen LogP contribution in [0.4, 0.5) is 0 Å². The first kappa shape index (κ1) is 24.9. The molecule has 178 valence electrons. The fraction of sp³-hybridized carbons (Fsp3) is 0.333. The quantitative estimate of drug-likeness (QED) is 0.275. The molecule has 10 heteroatoms. The molecule has 34 heavy (non-hydrogen) atoms. The van der Waals surface area contributed by atoms with Crippen molar-refractivity contribution in [3.63, 3.8) is 0 Å². The van der Waals surface area contributed by atoms with Crippen molar-refractivity contribution in [3.05, 3.63) is 68.9 Å². The van der Waals surface area contributed by atoms with E-state index in [1.54, 1.807) is 11.8 Å². The second-order valence-electron chi connectivity index (χ2n) is 8.25. The SMILES string of the molecule is CN(C)CCCSc1nnc2n1-c1ccc(Br)cc1C(c1ccccc1Cl)=N[C@H]2CCC(=O)O. The second kappa shape index (κ2) is 11.0. The maximum atomic E-state index is 11.4. The number of fused-ring (bicyclic) bond motifs is 3. The van der Waals surface area contributed by atoms with Crippen LogP contribution in [0.15, 0.2) is 57.1 Å².